The van der Waals surface area contributed by atoms with Crippen molar-refractivity contribution in [1.29, 1.82) is 0 Å². The number of nitrogens with zero attached hydrogens (tertiary/aromatic N) is 1. The van der Waals surface area contributed by atoms with E-state index in [0.29, 0.717) is 5.75 Å². The van der Waals surface area contributed by atoms with Gasteiger partial charge in [-0.15, -0.1) is 11.8 Å². The van der Waals surface area contributed by atoms with Crippen molar-refractivity contribution in [2.24, 2.45) is 11.3 Å². The predicted molar refractivity (Wildman–Crippen MR) is 80.5 cm³/mol. The van der Waals surface area contributed by atoms with E-state index in [9.17, 15) is 14.7 Å². The molecular weight excluding hydrogens is 274 g/mol. The minimum absolute atomic E-state index is 0.00412. The van der Waals surface area contributed by atoms with E-state index >= 15 is 0 Å². The molecule has 1 heterocycles. The monoisotopic (exact) mass is 299 g/mol. The van der Waals surface area contributed by atoms with Gasteiger partial charge in [-0.3, -0.25) is 4.79 Å². The van der Waals surface area contributed by atoms with E-state index in [-0.39, 0.29) is 22.6 Å². The van der Waals surface area contributed by atoms with Crippen LogP contribution < -0.4 is 0 Å². The molecule has 0 aromatic carbocycles. The van der Waals surface area contributed by atoms with Gasteiger partial charge in [0.05, 0.1) is 5.37 Å². The third kappa shape index (κ3) is 2.83. The molecule has 0 bridgehead atoms. The Hall–Kier alpha value is -0.710. The van der Waals surface area contributed by atoms with Crippen LogP contribution in [0.5, 0.6) is 0 Å². The van der Waals surface area contributed by atoms with Crippen LogP contribution in [0, 0.1) is 11.3 Å². The summed E-state index contributed by atoms with van der Waals surface area (Å²) < 4.78 is 0. The maximum atomic E-state index is 12.9. The average Bonchev–Trinajstić information content (AvgIpc) is 2.92. The molecule has 0 radical (unpaired) electrons. The highest BCUT2D eigenvalue weighted by Gasteiger charge is 2.48. The van der Waals surface area contributed by atoms with Crippen LogP contribution in [0.4, 0.5) is 0 Å². The van der Waals surface area contributed by atoms with Gasteiger partial charge >= 0.3 is 5.97 Å². The lowest BCUT2D eigenvalue weighted by atomic mass is 9.81. The molecule has 0 aromatic rings. The zero-order valence-electron chi connectivity index (χ0n) is 12.6. The molecule has 1 amide bonds. The van der Waals surface area contributed by atoms with E-state index in [1.54, 1.807) is 16.7 Å². The van der Waals surface area contributed by atoms with Crippen molar-refractivity contribution in [1.82, 2.24) is 4.90 Å². The van der Waals surface area contributed by atoms with E-state index < -0.39 is 12.0 Å². The van der Waals surface area contributed by atoms with Crippen molar-refractivity contribution in [3.05, 3.63) is 0 Å². The molecule has 3 unspecified atom stereocenters. The normalized spacial score (nSPS) is 32.5. The zero-order chi connectivity index (χ0) is 14.9. The minimum Gasteiger partial charge on any atom is -0.480 e. The summed E-state index contributed by atoms with van der Waals surface area (Å²) in [6, 6.07) is -0.638. The number of carboxylic acids is 1. The third-order valence-electron chi connectivity index (χ3n) is 4.72. The van der Waals surface area contributed by atoms with Gasteiger partial charge in [0, 0.05) is 11.7 Å². The van der Waals surface area contributed by atoms with Gasteiger partial charge in [-0.1, -0.05) is 33.6 Å². The van der Waals surface area contributed by atoms with Gasteiger partial charge in [-0.25, -0.2) is 4.79 Å². The van der Waals surface area contributed by atoms with Crippen LogP contribution in [0.25, 0.3) is 0 Å². The van der Waals surface area contributed by atoms with E-state index in [1.807, 2.05) is 0 Å². The molecule has 3 atom stereocenters. The molecular formula is C15H25NO3S. The van der Waals surface area contributed by atoms with E-state index in [0.717, 1.165) is 32.1 Å². The summed E-state index contributed by atoms with van der Waals surface area (Å²) >= 11 is 1.62. The van der Waals surface area contributed by atoms with Gasteiger partial charge in [0.15, 0.2) is 0 Å². The number of amides is 1. The summed E-state index contributed by atoms with van der Waals surface area (Å²) in [6.45, 7) is 6.35. The number of thioether (sulfide) groups is 1. The average molecular weight is 299 g/mol. The largest absolute Gasteiger partial charge is 0.480 e. The summed E-state index contributed by atoms with van der Waals surface area (Å²) in [5.41, 5.74) is 0.00412. The Labute approximate surface area is 125 Å². The second kappa shape index (κ2) is 5.96. The fourth-order valence-corrected chi connectivity index (χ4v) is 5.00. The van der Waals surface area contributed by atoms with E-state index in [2.05, 4.69) is 20.8 Å². The summed E-state index contributed by atoms with van der Waals surface area (Å²) in [6.07, 6.45) is 4.88. The number of hydrogen-bond acceptors (Lipinski definition) is 3. The number of rotatable bonds is 4. The Morgan fingerprint density at radius 2 is 2.10 bits per heavy atom. The zero-order valence-corrected chi connectivity index (χ0v) is 13.4. The molecule has 1 aliphatic heterocycles. The Morgan fingerprint density at radius 1 is 1.40 bits per heavy atom. The number of hydrogen-bond donors (Lipinski definition) is 1. The van der Waals surface area contributed by atoms with Crippen LogP contribution in [-0.4, -0.2) is 39.1 Å². The lowest BCUT2D eigenvalue weighted by molar-refractivity contribution is -0.152. The van der Waals surface area contributed by atoms with Crippen LogP contribution in [0.2, 0.25) is 0 Å². The molecule has 1 saturated carbocycles. The molecule has 5 heteroatoms. The first-order chi connectivity index (χ1) is 9.38. The topological polar surface area (TPSA) is 57.6 Å². The number of carboxylic acid groups (broad SMARTS) is 1. The molecule has 1 N–H and O–H groups in total. The molecule has 0 aromatic heterocycles. The van der Waals surface area contributed by atoms with Crippen LogP contribution in [0.15, 0.2) is 0 Å². The van der Waals surface area contributed by atoms with E-state index in [4.69, 9.17) is 0 Å². The van der Waals surface area contributed by atoms with Gasteiger partial charge < -0.3 is 10.0 Å². The first-order valence-electron chi connectivity index (χ1n) is 7.55. The molecule has 2 rings (SSSR count). The van der Waals surface area contributed by atoms with Gasteiger partial charge in [-0.2, -0.15) is 0 Å². The number of carbonyl (C=O) groups excluding carboxylic acids is 1. The summed E-state index contributed by atoms with van der Waals surface area (Å²) in [5, 5.41) is 9.43. The second-order valence-corrected chi connectivity index (χ2v) is 7.82. The van der Waals surface area contributed by atoms with Gasteiger partial charge in [0.1, 0.15) is 6.04 Å². The molecule has 2 aliphatic rings. The van der Waals surface area contributed by atoms with Crippen molar-refractivity contribution < 1.29 is 14.7 Å². The Kier molecular flexibility index (Phi) is 4.67. The van der Waals surface area contributed by atoms with Crippen molar-refractivity contribution >= 4 is 23.6 Å². The number of aliphatic carboxylic acids is 1. The number of carbonyl (C=O) groups is 2. The molecule has 1 aliphatic carbocycles. The first-order valence-corrected chi connectivity index (χ1v) is 8.60. The third-order valence-corrected chi connectivity index (χ3v) is 6.08. The fraction of sp³-hybridized carbons (Fsp3) is 0.867. The first kappa shape index (κ1) is 15.7. The minimum atomic E-state index is -0.861. The smallest absolute Gasteiger partial charge is 0.327 e. The molecule has 114 valence electrons. The van der Waals surface area contributed by atoms with Crippen molar-refractivity contribution in [3.8, 4) is 0 Å². The molecule has 4 nitrogen and oxygen atoms in total. The van der Waals surface area contributed by atoms with Crippen LogP contribution >= 0.6 is 11.8 Å². The maximum absolute atomic E-state index is 12.9. The standard InChI is InChI=1S/C15H25NO3S/c1-4-6-12-16(11(9-20-12)14(18)19)13(17)10-7-5-8-15(10,2)3/h10-12H,4-9H2,1-3H3,(H,18,19). The molecule has 0 spiro atoms. The predicted octanol–water partition coefficient (Wildman–Crippen LogP) is 2.97. The SMILES string of the molecule is CCCC1SCC(C(=O)O)N1C(=O)C1CCCC1(C)C. The van der Waals surface area contributed by atoms with Gasteiger partial charge in [0.25, 0.3) is 0 Å². The van der Waals surface area contributed by atoms with E-state index in [1.165, 1.54) is 0 Å². The fourth-order valence-electron chi connectivity index (χ4n) is 3.48. The Morgan fingerprint density at radius 3 is 2.60 bits per heavy atom. The van der Waals surface area contributed by atoms with Crippen molar-refractivity contribution in [2.75, 3.05) is 5.75 Å². The second-order valence-electron chi connectivity index (χ2n) is 6.61. The van der Waals surface area contributed by atoms with Crippen LogP contribution in [0.1, 0.15) is 52.9 Å². The summed E-state index contributed by atoms with van der Waals surface area (Å²) in [5.74, 6) is -0.273. The van der Waals surface area contributed by atoms with Crippen molar-refractivity contribution in [3.63, 3.8) is 0 Å². The Bertz CT molecular complexity index is 397. The highest BCUT2D eigenvalue weighted by Crippen LogP contribution is 2.45. The summed E-state index contributed by atoms with van der Waals surface area (Å²) in [4.78, 5) is 26.0. The van der Waals surface area contributed by atoms with Crippen molar-refractivity contribution in [2.45, 2.75) is 64.3 Å². The highest BCUT2D eigenvalue weighted by atomic mass is 32.2. The maximum Gasteiger partial charge on any atom is 0.327 e. The quantitative estimate of drug-likeness (QED) is 0.867. The lowest BCUT2D eigenvalue weighted by Gasteiger charge is -2.34. The van der Waals surface area contributed by atoms with Gasteiger partial charge in [0.2, 0.25) is 5.91 Å². The van der Waals surface area contributed by atoms with Crippen LogP contribution in [0.3, 0.4) is 0 Å². The highest BCUT2D eigenvalue weighted by molar-refractivity contribution is 8.00. The lowest BCUT2D eigenvalue weighted by Crippen LogP contribution is -2.49. The van der Waals surface area contributed by atoms with Gasteiger partial charge in [-0.05, 0) is 24.7 Å². The molecule has 2 fully saturated rings. The molecule has 1 saturated heterocycles. The summed E-state index contributed by atoms with van der Waals surface area (Å²) in [7, 11) is 0. The Balaban J connectivity index is 2.21. The van der Waals surface area contributed by atoms with Crippen LogP contribution in [-0.2, 0) is 9.59 Å². The molecule has 20 heavy (non-hydrogen) atoms.